The van der Waals surface area contributed by atoms with Gasteiger partial charge in [0.2, 0.25) is 11.8 Å². The third kappa shape index (κ3) is 13.8. The number of aliphatic carboxylic acids is 1. The summed E-state index contributed by atoms with van der Waals surface area (Å²) in [6.45, 7) is 9.14. The molecule has 6 aliphatic heterocycles. The van der Waals surface area contributed by atoms with Gasteiger partial charge in [-0.3, -0.25) is 29.2 Å². The summed E-state index contributed by atoms with van der Waals surface area (Å²) in [5.41, 5.74) is 6.36. The quantitative estimate of drug-likeness (QED) is 0.114. The van der Waals surface area contributed by atoms with E-state index in [9.17, 15) is 24.3 Å². The van der Waals surface area contributed by atoms with Gasteiger partial charge >= 0.3 is 30.8 Å². The van der Waals surface area contributed by atoms with Gasteiger partial charge in [0.25, 0.3) is 0 Å². The maximum atomic E-state index is 14.4. The van der Waals surface area contributed by atoms with Crippen molar-refractivity contribution in [3.05, 3.63) is 215 Å². The topological polar surface area (TPSA) is 179 Å². The Morgan fingerprint density at radius 3 is 1.16 bits per heavy atom. The summed E-state index contributed by atoms with van der Waals surface area (Å²) in [6.07, 6.45) is 5.85. The number of amides is 2. The number of carboxylic acids is 1. The van der Waals surface area contributed by atoms with Crippen molar-refractivity contribution in [3.63, 3.8) is 0 Å². The number of nitrogens with zero attached hydrogens (tertiary/aromatic N) is 6. The number of hydrogen-bond acceptors (Lipinski definition) is 10. The molecule has 4 N–H and O–H groups in total. The van der Waals surface area contributed by atoms with E-state index >= 15 is 0 Å². The maximum Gasteiger partial charge on any atom is 1.00 e. The smallest absolute Gasteiger partial charge is 0.870 e. The van der Waals surface area contributed by atoms with Gasteiger partial charge < -0.3 is 30.6 Å². The fraction of sp³-hybridized carbons (Fsp3) is 0.403. The summed E-state index contributed by atoms with van der Waals surface area (Å²) < 4.78 is 5.25. The van der Waals surface area contributed by atoms with Crippen LogP contribution in [0.4, 0.5) is 0 Å². The molecule has 12 rings (SSSR count). The van der Waals surface area contributed by atoms with Crippen LogP contribution >= 0.6 is 0 Å². The second-order valence-corrected chi connectivity index (χ2v) is 22.9. The van der Waals surface area contributed by atoms with Crippen molar-refractivity contribution >= 4 is 23.8 Å². The first-order chi connectivity index (χ1) is 38.7. The van der Waals surface area contributed by atoms with Crippen molar-refractivity contribution in [2.24, 2.45) is 11.8 Å². The minimum Gasteiger partial charge on any atom is -0.870 e. The fourth-order valence-corrected chi connectivity index (χ4v) is 14.5. The molecule has 82 heavy (non-hydrogen) atoms. The molecule has 15 heteroatoms. The Morgan fingerprint density at radius 1 is 0.488 bits per heavy atom. The second kappa shape index (κ2) is 28.7. The van der Waals surface area contributed by atoms with Gasteiger partial charge in [-0.1, -0.05) is 182 Å². The molecule has 6 heterocycles. The van der Waals surface area contributed by atoms with E-state index in [0.717, 1.165) is 87.5 Å². The SMILES string of the molecule is COC(=O)[C@@H]1C[C@H](N2CCC[C@@H]3CN(Cc4ccccc4)C[C@@H]32)CN1C(=O)C(c1ccccc1)c1ccccc1.O.O=C(O)[C@@H]1C[C@H](N2CCC[C@@H]3CN(Cc4ccccc4)C[C@@H]32)CN1C(=O)C(c1ccccc1)c1ccccc1.[Li+].[OH-]. The largest absolute Gasteiger partial charge is 1.00 e. The number of esters is 1. The number of piperidine rings is 2. The number of methoxy groups -OCH3 is 1. The van der Waals surface area contributed by atoms with Crippen molar-refractivity contribution in [1.29, 1.82) is 0 Å². The number of ether oxygens (including phenoxy) is 1. The predicted octanol–water partition coefficient (Wildman–Crippen LogP) is 5.03. The van der Waals surface area contributed by atoms with Crippen LogP contribution in [-0.4, -0.2) is 165 Å². The van der Waals surface area contributed by atoms with Crippen LogP contribution < -0.4 is 18.9 Å². The number of likely N-dealkylation sites (tertiary alicyclic amines) is 6. The van der Waals surface area contributed by atoms with Crippen LogP contribution in [0.25, 0.3) is 0 Å². The third-order valence-corrected chi connectivity index (χ3v) is 18.1. The normalized spacial score (nSPS) is 24.5. The summed E-state index contributed by atoms with van der Waals surface area (Å²) >= 11 is 0. The number of hydrogen-bond donors (Lipinski definition) is 1. The number of carbonyl (C=O) groups is 4. The second-order valence-electron chi connectivity index (χ2n) is 22.9. The standard InChI is InChI=1S/C34H39N3O3.C33H37N3O3.Li.2H2O/c1-40-34(39)30-20-29(36-19-11-18-28-22-35(24-31(28)36)21-25-12-5-2-6-13-25)23-37(30)33(38)32(26-14-7-3-8-15-26)27-16-9-4-10-17-27;37-32(31(25-13-6-2-7-14-25)26-15-8-3-9-16-26)36-22-28(19-29(36)33(38)39)35-18-10-17-27-21-34(23-30(27)35)20-24-11-4-1-5-12-24;;;/h2-10,12-17,28-32H,11,18-24H2,1H3;1-9,11-16,27-31H,10,17-23H2,(H,38,39);;2*1H2/q;;+1;;/p-1/t28-,29+,30+,31+;27-,28+,29+,30+;;;/m11.../s1. The predicted molar refractivity (Wildman–Crippen MR) is 312 cm³/mol. The van der Waals surface area contributed by atoms with Crippen molar-refractivity contribution < 1.29 is 58.8 Å². The monoisotopic (exact) mass is 1100 g/mol. The molecule has 6 aliphatic rings. The number of rotatable bonds is 14. The molecular formula is C67H79LiN6O8. The van der Waals surface area contributed by atoms with Crippen LogP contribution in [0.3, 0.4) is 0 Å². The Hall–Kier alpha value is -6.44. The Bertz CT molecular complexity index is 2890. The molecule has 0 radical (unpaired) electrons. The molecule has 0 unspecified atom stereocenters. The average Bonchev–Trinajstić information content (AvgIpc) is 4.49. The molecule has 14 nitrogen and oxygen atoms in total. The Labute approximate surface area is 495 Å². The zero-order chi connectivity index (χ0) is 54.2. The molecule has 0 spiro atoms. The zero-order valence-electron chi connectivity index (χ0n) is 47.5. The van der Waals surface area contributed by atoms with E-state index in [0.29, 0.717) is 49.9 Å². The zero-order valence-corrected chi connectivity index (χ0v) is 47.5. The van der Waals surface area contributed by atoms with Crippen LogP contribution in [0.2, 0.25) is 0 Å². The molecular weight excluding hydrogens is 1020 g/mol. The fourth-order valence-electron chi connectivity index (χ4n) is 14.5. The van der Waals surface area contributed by atoms with E-state index in [-0.39, 0.29) is 59.7 Å². The van der Waals surface area contributed by atoms with Gasteiger partial charge in [0.05, 0.1) is 18.9 Å². The Morgan fingerprint density at radius 2 is 0.817 bits per heavy atom. The van der Waals surface area contributed by atoms with E-state index in [1.54, 1.807) is 4.90 Å². The third-order valence-electron chi connectivity index (χ3n) is 18.1. The van der Waals surface area contributed by atoms with E-state index in [2.05, 4.69) is 80.3 Å². The van der Waals surface area contributed by atoms with Crippen LogP contribution in [0.15, 0.2) is 182 Å². The molecule has 6 aromatic carbocycles. The number of benzene rings is 6. The van der Waals surface area contributed by atoms with Gasteiger partial charge in [-0.2, -0.15) is 0 Å². The minimum absolute atomic E-state index is 0. The van der Waals surface area contributed by atoms with Gasteiger partial charge in [-0.15, -0.1) is 0 Å². The molecule has 0 saturated carbocycles. The number of fused-ring (bicyclic) bond motifs is 2. The van der Waals surface area contributed by atoms with Crippen LogP contribution in [0, 0.1) is 11.8 Å². The molecule has 6 saturated heterocycles. The van der Waals surface area contributed by atoms with Gasteiger partial charge in [0.15, 0.2) is 0 Å². The molecule has 2 amide bonds. The summed E-state index contributed by atoms with van der Waals surface area (Å²) in [7, 11) is 1.43. The maximum absolute atomic E-state index is 14.4. The van der Waals surface area contributed by atoms with E-state index in [1.807, 2.05) is 126 Å². The number of carbonyl (C=O) groups excluding carboxylic acids is 3. The van der Waals surface area contributed by atoms with Crippen molar-refractivity contribution in [2.75, 3.05) is 59.5 Å². The van der Waals surface area contributed by atoms with Gasteiger partial charge in [-0.05, 0) is 96.8 Å². The Kier molecular flexibility index (Phi) is 21.6. The minimum atomic E-state index is -0.906. The molecule has 6 aromatic rings. The molecule has 8 atom stereocenters. The summed E-state index contributed by atoms with van der Waals surface area (Å²) in [4.78, 5) is 68.0. The summed E-state index contributed by atoms with van der Waals surface area (Å²) in [5.74, 6) is -1.13. The van der Waals surface area contributed by atoms with Crippen LogP contribution in [-0.2, 0) is 37.0 Å². The van der Waals surface area contributed by atoms with Crippen LogP contribution in [0.1, 0.15) is 83.7 Å². The first kappa shape index (κ1) is 61.6. The Balaban J connectivity index is 0.000000207. The van der Waals surface area contributed by atoms with Crippen molar-refractivity contribution in [1.82, 2.24) is 29.4 Å². The van der Waals surface area contributed by atoms with E-state index in [1.165, 1.54) is 31.1 Å². The van der Waals surface area contributed by atoms with Crippen LogP contribution in [0.5, 0.6) is 0 Å². The van der Waals surface area contributed by atoms with Gasteiger partial charge in [-0.25, -0.2) is 9.59 Å². The molecule has 0 bridgehead atoms. The average molecular weight is 1100 g/mol. The van der Waals surface area contributed by atoms with Gasteiger partial charge in [0, 0.05) is 76.5 Å². The number of carboxylic acid groups (broad SMARTS) is 1. The van der Waals surface area contributed by atoms with E-state index in [4.69, 9.17) is 4.74 Å². The van der Waals surface area contributed by atoms with Crippen molar-refractivity contribution in [3.8, 4) is 0 Å². The molecule has 0 aromatic heterocycles. The first-order valence-electron chi connectivity index (χ1n) is 28.9. The molecule has 0 aliphatic carbocycles. The van der Waals surface area contributed by atoms with Gasteiger partial charge in [0.1, 0.15) is 12.1 Å². The first-order valence-corrected chi connectivity index (χ1v) is 28.9. The molecule has 6 fully saturated rings. The summed E-state index contributed by atoms with van der Waals surface area (Å²) in [6, 6.07) is 60.4. The van der Waals surface area contributed by atoms with E-state index < -0.39 is 29.9 Å². The molecule has 426 valence electrons. The van der Waals surface area contributed by atoms with Crippen molar-refractivity contribution in [2.45, 2.75) is 99.7 Å². The summed E-state index contributed by atoms with van der Waals surface area (Å²) in [5, 5.41) is 10.2.